The van der Waals surface area contributed by atoms with Crippen molar-refractivity contribution in [1.29, 1.82) is 0 Å². The SMILES string of the molecule is CC(=O)Oc1c(Cl)nc(-c2ccccc2)nc1Cl. The van der Waals surface area contributed by atoms with Crippen molar-refractivity contribution in [2.75, 3.05) is 0 Å². The van der Waals surface area contributed by atoms with Gasteiger partial charge in [0, 0.05) is 12.5 Å². The van der Waals surface area contributed by atoms with Crippen LogP contribution in [0.3, 0.4) is 0 Å². The smallest absolute Gasteiger partial charge is 0.308 e. The Bertz CT molecular complexity index is 565. The van der Waals surface area contributed by atoms with Gasteiger partial charge in [0.15, 0.2) is 16.1 Å². The number of rotatable bonds is 2. The van der Waals surface area contributed by atoms with E-state index in [0.717, 1.165) is 5.56 Å². The molecule has 0 aliphatic carbocycles. The van der Waals surface area contributed by atoms with Gasteiger partial charge in [0.1, 0.15) is 0 Å². The number of benzene rings is 1. The minimum atomic E-state index is -0.533. The van der Waals surface area contributed by atoms with E-state index in [1.807, 2.05) is 30.3 Å². The Hall–Kier alpha value is -1.65. The minimum Gasteiger partial charge on any atom is -0.420 e. The predicted molar refractivity (Wildman–Crippen MR) is 68.8 cm³/mol. The lowest BCUT2D eigenvalue weighted by atomic mass is 10.2. The normalized spacial score (nSPS) is 10.2. The van der Waals surface area contributed by atoms with Crippen LogP contribution in [0.25, 0.3) is 11.4 Å². The van der Waals surface area contributed by atoms with Crippen LogP contribution in [-0.2, 0) is 4.79 Å². The summed E-state index contributed by atoms with van der Waals surface area (Å²) in [4.78, 5) is 19.0. The third-order valence-electron chi connectivity index (χ3n) is 2.06. The van der Waals surface area contributed by atoms with Crippen molar-refractivity contribution in [1.82, 2.24) is 9.97 Å². The van der Waals surface area contributed by atoms with E-state index in [4.69, 9.17) is 27.9 Å². The van der Waals surface area contributed by atoms with Crippen LogP contribution in [0.2, 0.25) is 10.3 Å². The van der Waals surface area contributed by atoms with E-state index in [9.17, 15) is 4.79 Å². The van der Waals surface area contributed by atoms with E-state index < -0.39 is 5.97 Å². The van der Waals surface area contributed by atoms with Crippen LogP contribution in [0.5, 0.6) is 5.75 Å². The van der Waals surface area contributed by atoms with E-state index >= 15 is 0 Å². The largest absolute Gasteiger partial charge is 0.420 e. The summed E-state index contributed by atoms with van der Waals surface area (Å²) < 4.78 is 4.84. The molecule has 4 nitrogen and oxygen atoms in total. The highest BCUT2D eigenvalue weighted by atomic mass is 35.5. The molecule has 2 rings (SSSR count). The van der Waals surface area contributed by atoms with Gasteiger partial charge in [-0.1, -0.05) is 53.5 Å². The average molecular weight is 283 g/mol. The van der Waals surface area contributed by atoms with Gasteiger partial charge in [-0.2, -0.15) is 0 Å². The maximum absolute atomic E-state index is 10.9. The predicted octanol–water partition coefficient (Wildman–Crippen LogP) is 3.38. The lowest BCUT2D eigenvalue weighted by molar-refractivity contribution is -0.131. The fraction of sp³-hybridized carbons (Fsp3) is 0.0833. The van der Waals surface area contributed by atoms with Crippen LogP contribution in [0.4, 0.5) is 0 Å². The summed E-state index contributed by atoms with van der Waals surface area (Å²) in [6.45, 7) is 1.25. The zero-order chi connectivity index (χ0) is 13.1. The summed E-state index contributed by atoms with van der Waals surface area (Å²) in [6, 6.07) is 9.22. The third-order valence-corrected chi connectivity index (χ3v) is 2.57. The molecule has 0 aliphatic heterocycles. The van der Waals surface area contributed by atoms with Crippen molar-refractivity contribution in [2.45, 2.75) is 6.92 Å². The Labute approximate surface area is 114 Å². The molecule has 2 aromatic rings. The Morgan fingerprint density at radius 2 is 1.67 bits per heavy atom. The highest BCUT2D eigenvalue weighted by molar-refractivity contribution is 6.36. The van der Waals surface area contributed by atoms with Crippen molar-refractivity contribution in [3.05, 3.63) is 40.6 Å². The number of ether oxygens (including phenoxy) is 1. The zero-order valence-corrected chi connectivity index (χ0v) is 10.9. The molecule has 1 aromatic carbocycles. The van der Waals surface area contributed by atoms with E-state index in [-0.39, 0.29) is 16.1 Å². The molecule has 0 aliphatic rings. The average Bonchev–Trinajstić information content (AvgIpc) is 2.34. The van der Waals surface area contributed by atoms with Crippen LogP contribution >= 0.6 is 23.2 Å². The first-order chi connectivity index (χ1) is 8.58. The number of aromatic nitrogens is 2. The highest BCUT2D eigenvalue weighted by Gasteiger charge is 2.15. The van der Waals surface area contributed by atoms with Crippen molar-refractivity contribution < 1.29 is 9.53 Å². The monoisotopic (exact) mass is 282 g/mol. The van der Waals surface area contributed by atoms with Gasteiger partial charge in [0.25, 0.3) is 0 Å². The number of esters is 1. The van der Waals surface area contributed by atoms with E-state index in [1.165, 1.54) is 6.92 Å². The van der Waals surface area contributed by atoms with Crippen molar-refractivity contribution in [2.24, 2.45) is 0 Å². The number of hydrogen-bond donors (Lipinski definition) is 0. The van der Waals surface area contributed by atoms with Crippen molar-refractivity contribution >= 4 is 29.2 Å². The molecule has 0 amide bonds. The molecule has 1 aromatic heterocycles. The van der Waals surface area contributed by atoms with Gasteiger partial charge in [-0.25, -0.2) is 9.97 Å². The molecule has 18 heavy (non-hydrogen) atoms. The summed E-state index contributed by atoms with van der Waals surface area (Å²) in [5.74, 6) is -0.179. The zero-order valence-electron chi connectivity index (χ0n) is 9.35. The van der Waals surface area contributed by atoms with Crippen LogP contribution in [-0.4, -0.2) is 15.9 Å². The molecule has 0 saturated heterocycles. The van der Waals surface area contributed by atoms with Crippen LogP contribution in [0.15, 0.2) is 30.3 Å². The first-order valence-corrected chi connectivity index (χ1v) is 5.80. The first kappa shape index (κ1) is 12.8. The Balaban J connectivity index is 2.46. The van der Waals surface area contributed by atoms with Crippen LogP contribution < -0.4 is 4.74 Å². The van der Waals surface area contributed by atoms with Gasteiger partial charge in [0.05, 0.1) is 0 Å². The quantitative estimate of drug-likeness (QED) is 0.626. The number of carbonyl (C=O) groups excluding carboxylic acids is 1. The van der Waals surface area contributed by atoms with Crippen LogP contribution in [0, 0.1) is 0 Å². The fourth-order valence-corrected chi connectivity index (χ4v) is 1.81. The molecule has 1 heterocycles. The van der Waals surface area contributed by atoms with Crippen molar-refractivity contribution in [3.63, 3.8) is 0 Å². The summed E-state index contributed by atoms with van der Waals surface area (Å²) in [6.07, 6.45) is 0. The summed E-state index contributed by atoms with van der Waals surface area (Å²) >= 11 is 11.8. The van der Waals surface area contributed by atoms with E-state index in [1.54, 1.807) is 0 Å². The molecule has 0 radical (unpaired) electrons. The van der Waals surface area contributed by atoms with Crippen molar-refractivity contribution in [3.8, 4) is 17.1 Å². The van der Waals surface area contributed by atoms with E-state index in [0.29, 0.717) is 5.82 Å². The standard InChI is InChI=1S/C12H8Cl2N2O2/c1-7(17)18-9-10(13)15-12(16-11(9)14)8-5-3-2-4-6-8/h2-6H,1H3. The molecule has 0 atom stereocenters. The van der Waals surface area contributed by atoms with Gasteiger partial charge in [-0.05, 0) is 0 Å². The summed E-state index contributed by atoms with van der Waals surface area (Å²) in [5, 5.41) is 0.00751. The molecule has 0 saturated carbocycles. The van der Waals surface area contributed by atoms with Gasteiger partial charge in [0.2, 0.25) is 5.75 Å². The maximum Gasteiger partial charge on any atom is 0.308 e. The Morgan fingerprint density at radius 3 is 2.17 bits per heavy atom. The molecule has 0 spiro atoms. The molecular weight excluding hydrogens is 275 g/mol. The molecule has 0 fully saturated rings. The topological polar surface area (TPSA) is 52.1 Å². The minimum absolute atomic E-state index is 0.00375. The lowest BCUT2D eigenvalue weighted by Gasteiger charge is -2.07. The van der Waals surface area contributed by atoms with Gasteiger partial charge in [-0.3, -0.25) is 4.79 Å². The summed E-state index contributed by atoms with van der Waals surface area (Å²) in [7, 11) is 0. The molecule has 6 heteroatoms. The van der Waals surface area contributed by atoms with Gasteiger partial charge >= 0.3 is 5.97 Å². The lowest BCUT2D eigenvalue weighted by Crippen LogP contribution is -2.05. The maximum atomic E-state index is 10.9. The molecule has 0 bridgehead atoms. The second-order valence-corrected chi connectivity index (χ2v) is 4.13. The fourth-order valence-electron chi connectivity index (χ4n) is 1.34. The molecule has 0 unspecified atom stereocenters. The molecule has 0 N–H and O–H groups in total. The Morgan fingerprint density at radius 1 is 1.11 bits per heavy atom. The van der Waals surface area contributed by atoms with E-state index in [2.05, 4.69) is 9.97 Å². The third kappa shape index (κ3) is 2.78. The number of hydrogen-bond acceptors (Lipinski definition) is 4. The molecular formula is C12H8Cl2N2O2. The number of nitrogens with zero attached hydrogens (tertiary/aromatic N) is 2. The second kappa shape index (κ2) is 5.33. The van der Waals surface area contributed by atoms with Crippen LogP contribution in [0.1, 0.15) is 6.92 Å². The van der Waals surface area contributed by atoms with Gasteiger partial charge in [-0.15, -0.1) is 0 Å². The first-order valence-electron chi connectivity index (χ1n) is 5.05. The Kier molecular flexibility index (Phi) is 3.79. The molecule has 92 valence electrons. The highest BCUT2D eigenvalue weighted by Crippen LogP contribution is 2.32. The van der Waals surface area contributed by atoms with Gasteiger partial charge < -0.3 is 4.74 Å². The number of carbonyl (C=O) groups is 1. The number of halogens is 2. The second-order valence-electron chi connectivity index (χ2n) is 3.42. The summed E-state index contributed by atoms with van der Waals surface area (Å²) in [5.41, 5.74) is 0.774.